The first-order valence-corrected chi connectivity index (χ1v) is 9.68. The summed E-state index contributed by atoms with van der Waals surface area (Å²) in [5.41, 5.74) is 8.50. The van der Waals surface area contributed by atoms with E-state index in [4.69, 9.17) is 5.73 Å². The van der Waals surface area contributed by atoms with Gasteiger partial charge >= 0.3 is 0 Å². The van der Waals surface area contributed by atoms with Crippen molar-refractivity contribution >= 4 is 23.6 Å². The summed E-state index contributed by atoms with van der Waals surface area (Å²) in [5.74, 6) is 0.337. The lowest BCUT2D eigenvalue weighted by Gasteiger charge is -2.27. The molecule has 1 atom stereocenters. The summed E-state index contributed by atoms with van der Waals surface area (Å²) in [6.07, 6.45) is 0. The zero-order chi connectivity index (χ0) is 19.7. The maximum absolute atomic E-state index is 13.4. The van der Waals surface area contributed by atoms with Crippen LogP contribution in [-0.4, -0.2) is 20.7 Å². The number of halogens is 1. The van der Waals surface area contributed by atoms with Crippen LogP contribution in [0.3, 0.4) is 0 Å². The Morgan fingerprint density at radius 1 is 1.21 bits per heavy atom. The van der Waals surface area contributed by atoms with Gasteiger partial charge in [0.2, 0.25) is 17.0 Å². The Hall–Kier alpha value is -3.13. The minimum Gasteiger partial charge on any atom is -0.366 e. The zero-order valence-electron chi connectivity index (χ0n) is 15.1. The second-order valence-corrected chi connectivity index (χ2v) is 7.36. The molecule has 1 aliphatic rings. The van der Waals surface area contributed by atoms with Crippen LogP contribution in [0.15, 0.2) is 71.0 Å². The summed E-state index contributed by atoms with van der Waals surface area (Å²) in [6, 6.07) is 15.4. The molecule has 3 N–H and O–H groups in total. The van der Waals surface area contributed by atoms with E-state index in [0.29, 0.717) is 27.9 Å². The monoisotopic (exact) mass is 395 g/mol. The summed E-state index contributed by atoms with van der Waals surface area (Å²) in [5, 5.41) is 8.27. The average molecular weight is 395 g/mol. The predicted octanol–water partition coefficient (Wildman–Crippen LogP) is 3.48. The van der Waals surface area contributed by atoms with Crippen molar-refractivity contribution < 1.29 is 9.18 Å². The molecule has 0 bridgehead atoms. The van der Waals surface area contributed by atoms with E-state index < -0.39 is 11.9 Å². The minimum absolute atomic E-state index is 0.350. The minimum atomic E-state index is -0.562. The van der Waals surface area contributed by atoms with Gasteiger partial charge in [-0.3, -0.25) is 4.79 Å². The fraction of sp³-hybridized carbons (Fsp3) is 0.150. The molecule has 142 valence electrons. The molecule has 1 amide bonds. The number of fused-ring (bicyclic) bond motifs is 1. The number of rotatable bonds is 5. The molecule has 2 aromatic carbocycles. The van der Waals surface area contributed by atoms with E-state index in [1.165, 1.54) is 23.9 Å². The van der Waals surface area contributed by atoms with Crippen molar-refractivity contribution in [3.05, 3.63) is 82.8 Å². The maximum Gasteiger partial charge on any atom is 0.248 e. The first-order chi connectivity index (χ1) is 13.5. The van der Waals surface area contributed by atoms with E-state index in [-0.39, 0.29) is 5.82 Å². The van der Waals surface area contributed by atoms with Crippen molar-refractivity contribution in [3.63, 3.8) is 0 Å². The molecule has 3 aromatic rings. The van der Waals surface area contributed by atoms with Crippen molar-refractivity contribution in [2.75, 3.05) is 5.32 Å². The topological polar surface area (TPSA) is 85.8 Å². The molecule has 0 radical (unpaired) electrons. The highest BCUT2D eigenvalue weighted by Gasteiger charge is 2.33. The van der Waals surface area contributed by atoms with Crippen LogP contribution in [0.2, 0.25) is 0 Å². The van der Waals surface area contributed by atoms with Crippen LogP contribution in [0.1, 0.15) is 24.1 Å². The van der Waals surface area contributed by atoms with Crippen LogP contribution in [0.5, 0.6) is 0 Å². The number of nitrogens with two attached hydrogens (primary N) is 1. The first-order valence-electron chi connectivity index (χ1n) is 8.69. The number of amides is 1. The Bertz CT molecular complexity index is 1050. The lowest BCUT2D eigenvalue weighted by Crippen LogP contribution is -2.31. The number of anilines is 1. The molecule has 0 saturated heterocycles. The van der Waals surface area contributed by atoms with Crippen molar-refractivity contribution in [2.45, 2.75) is 23.9 Å². The highest BCUT2D eigenvalue weighted by atomic mass is 32.2. The highest BCUT2D eigenvalue weighted by molar-refractivity contribution is 7.98. The number of benzene rings is 2. The van der Waals surface area contributed by atoms with Gasteiger partial charge in [-0.05, 0) is 30.2 Å². The van der Waals surface area contributed by atoms with Gasteiger partial charge < -0.3 is 11.1 Å². The first kappa shape index (κ1) is 18.2. The number of carbonyl (C=O) groups is 1. The predicted molar refractivity (Wildman–Crippen MR) is 106 cm³/mol. The van der Waals surface area contributed by atoms with Crippen LogP contribution in [0.4, 0.5) is 10.3 Å². The van der Waals surface area contributed by atoms with E-state index in [9.17, 15) is 9.18 Å². The normalized spacial score (nSPS) is 15.9. The van der Waals surface area contributed by atoms with Gasteiger partial charge in [0, 0.05) is 11.4 Å². The molecule has 0 fully saturated rings. The number of thioether (sulfide) groups is 1. The fourth-order valence-corrected chi connectivity index (χ4v) is 3.97. The molecule has 1 aliphatic heterocycles. The van der Waals surface area contributed by atoms with Gasteiger partial charge in [0.25, 0.3) is 0 Å². The molecule has 2 heterocycles. The van der Waals surface area contributed by atoms with Crippen molar-refractivity contribution in [3.8, 4) is 0 Å². The largest absolute Gasteiger partial charge is 0.366 e. The van der Waals surface area contributed by atoms with Gasteiger partial charge in [-0.2, -0.15) is 4.98 Å². The van der Waals surface area contributed by atoms with Gasteiger partial charge in [-0.15, -0.1) is 5.10 Å². The Labute approximate surface area is 165 Å². The average Bonchev–Trinajstić information content (AvgIpc) is 3.09. The van der Waals surface area contributed by atoms with Crippen LogP contribution >= 0.6 is 11.8 Å². The second kappa shape index (κ2) is 7.47. The fourth-order valence-electron chi connectivity index (χ4n) is 3.19. The smallest absolute Gasteiger partial charge is 0.248 e. The lowest BCUT2D eigenvalue weighted by atomic mass is 9.95. The van der Waals surface area contributed by atoms with Crippen molar-refractivity contribution in [2.24, 2.45) is 5.73 Å². The van der Waals surface area contributed by atoms with Gasteiger partial charge in [-0.1, -0.05) is 54.2 Å². The Balaban J connectivity index is 1.69. The number of carbonyl (C=O) groups excluding carboxylic acids is 1. The second-order valence-electron chi connectivity index (χ2n) is 6.42. The molecule has 28 heavy (non-hydrogen) atoms. The number of allylic oxidation sites excluding steroid dienone is 1. The summed E-state index contributed by atoms with van der Waals surface area (Å²) < 4.78 is 15.0. The molecule has 0 spiro atoms. The SMILES string of the molecule is CC1=C(C(N)=O)[C@H](c2ccc(F)cc2)n2nc(SCc3ccccc3)nc2N1. The number of hydrogen-bond acceptors (Lipinski definition) is 5. The number of primary amides is 1. The summed E-state index contributed by atoms with van der Waals surface area (Å²) >= 11 is 1.50. The van der Waals surface area contributed by atoms with Crippen LogP contribution in [0.25, 0.3) is 0 Å². The van der Waals surface area contributed by atoms with Crippen LogP contribution < -0.4 is 11.1 Å². The van der Waals surface area contributed by atoms with Crippen molar-refractivity contribution in [1.82, 2.24) is 14.8 Å². The van der Waals surface area contributed by atoms with Crippen LogP contribution in [-0.2, 0) is 10.5 Å². The maximum atomic E-state index is 13.4. The lowest BCUT2D eigenvalue weighted by molar-refractivity contribution is -0.115. The molecule has 0 saturated carbocycles. The highest BCUT2D eigenvalue weighted by Crippen LogP contribution is 2.36. The molecular formula is C20H18FN5OS. The summed E-state index contributed by atoms with van der Waals surface area (Å²) in [6.45, 7) is 1.77. The molecular weight excluding hydrogens is 377 g/mol. The zero-order valence-corrected chi connectivity index (χ0v) is 15.9. The van der Waals surface area contributed by atoms with E-state index >= 15 is 0 Å². The molecule has 4 rings (SSSR count). The third kappa shape index (κ3) is 3.50. The number of nitrogens with zero attached hydrogens (tertiary/aromatic N) is 3. The number of aromatic nitrogens is 3. The van der Waals surface area contributed by atoms with E-state index in [1.807, 2.05) is 30.3 Å². The van der Waals surface area contributed by atoms with E-state index in [0.717, 1.165) is 11.3 Å². The summed E-state index contributed by atoms with van der Waals surface area (Å²) in [4.78, 5) is 16.7. The van der Waals surface area contributed by atoms with Gasteiger partial charge in [0.15, 0.2) is 0 Å². The van der Waals surface area contributed by atoms with Crippen molar-refractivity contribution in [1.29, 1.82) is 0 Å². The van der Waals surface area contributed by atoms with Crippen LogP contribution in [0, 0.1) is 5.82 Å². The third-order valence-corrected chi connectivity index (χ3v) is 5.40. The Morgan fingerprint density at radius 3 is 2.61 bits per heavy atom. The summed E-state index contributed by atoms with van der Waals surface area (Å²) in [7, 11) is 0. The van der Waals surface area contributed by atoms with E-state index in [2.05, 4.69) is 15.4 Å². The Kier molecular flexibility index (Phi) is 4.87. The quantitative estimate of drug-likeness (QED) is 0.646. The van der Waals surface area contributed by atoms with E-state index in [1.54, 1.807) is 23.7 Å². The molecule has 0 unspecified atom stereocenters. The molecule has 0 aliphatic carbocycles. The van der Waals surface area contributed by atoms with Gasteiger partial charge in [-0.25, -0.2) is 9.07 Å². The standard InChI is InChI=1S/C20H18FN5OS/c1-12-16(18(22)27)17(14-7-9-15(21)10-8-14)26-19(23-12)24-20(25-26)28-11-13-5-3-2-4-6-13/h2-10,17H,11H2,1H3,(H2,22,27)(H,23,24,25)/t17-/m0/s1. The number of hydrogen-bond donors (Lipinski definition) is 2. The van der Waals surface area contributed by atoms with Gasteiger partial charge in [0.1, 0.15) is 11.9 Å². The number of nitrogens with one attached hydrogen (secondary N) is 1. The Morgan fingerprint density at radius 2 is 1.93 bits per heavy atom. The third-order valence-electron chi connectivity index (χ3n) is 4.50. The molecule has 1 aromatic heterocycles. The van der Waals surface area contributed by atoms with Gasteiger partial charge in [0.05, 0.1) is 5.57 Å². The molecule has 8 heteroatoms. The molecule has 6 nitrogen and oxygen atoms in total.